The quantitative estimate of drug-likeness (QED) is 0.661. The molecule has 1 aliphatic heterocycles. The van der Waals surface area contributed by atoms with E-state index in [4.69, 9.17) is 11.6 Å². The van der Waals surface area contributed by atoms with Crippen LogP contribution in [-0.2, 0) is 29.6 Å². The van der Waals surface area contributed by atoms with Crippen LogP contribution < -0.4 is 9.03 Å². The van der Waals surface area contributed by atoms with Crippen molar-refractivity contribution in [3.63, 3.8) is 0 Å². The van der Waals surface area contributed by atoms with Gasteiger partial charge in [0.25, 0.3) is 10.0 Å². The van der Waals surface area contributed by atoms with E-state index >= 15 is 0 Å². The van der Waals surface area contributed by atoms with E-state index < -0.39 is 31.9 Å². The molecule has 9 nitrogen and oxygen atoms in total. The van der Waals surface area contributed by atoms with Crippen LogP contribution in [-0.4, -0.2) is 41.6 Å². The minimum Gasteiger partial charge on any atom is -0.465 e. The fourth-order valence-electron chi connectivity index (χ4n) is 2.98. The number of anilines is 2. The van der Waals surface area contributed by atoms with Gasteiger partial charge in [0.05, 0.1) is 39.7 Å². The van der Waals surface area contributed by atoms with Crippen molar-refractivity contribution >= 4 is 54.9 Å². The molecule has 0 spiro atoms. The molecule has 1 aliphatic rings. The van der Waals surface area contributed by atoms with Gasteiger partial charge in [0.15, 0.2) is 0 Å². The number of nitrogens with one attached hydrogen (secondary N) is 1. The third-order valence-corrected chi connectivity index (χ3v) is 7.94. The summed E-state index contributed by atoms with van der Waals surface area (Å²) >= 11 is 6.05. The monoisotopic (exact) mass is 472 g/mol. The zero-order chi connectivity index (χ0) is 22.3. The third kappa shape index (κ3) is 4.13. The maximum atomic E-state index is 12.9. The van der Waals surface area contributed by atoms with E-state index in [2.05, 4.69) is 9.46 Å². The van der Waals surface area contributed by atoms with Crippen LogP contribution in [0.2, 0.25) is 5.02 Å². The number of hydrogen-bond acceptors (Lipinski definition) is 7. The number of ether oxygens (including phenoxy) is 1. The van der Waals surface area contributed by atoms with Crippen LogP contribution in [0.4, 0.5) is 11.4 Å². The highest BCUT2D eigenvalue weighted by Gasteiger charge is 2.36. The molecule has 30 heavy (non-hydrogen) atoms. The number of sulfonamides is 2. The first-order chi connectivity index (χ1) is 14.0. The molecule has 1 heterocycles. The zero-order valence-corrected chi connectivity index (χ0v) is 18.3. The Balaban J connectivity index is 1.96. The molecule has 1 fully saturated rings. The number of hydrogen-bond donors (Lipinski definition) is 1. The van der Waals surface area contributed by atoms with E-state index in [9.17, 15) is 26.4 Å². The summed E-state index contributed by atoms with van der Waals surface area (Å²) in [6.45, 7) is 1.47. The molecule has 0 aromatic heterocycles. The number of carbonyl (C=O) groups is 2. The largest absolute Gasteiger partial charge is 0.465 e. The molecule has 3 rings (SSSR count). The van der Waals surface area contributed by atoms with Crippen molar-refractivity contribution in [3.8, 4) is 0 Å². The van der Waals surface area contributed by atoms with Gasteiger partial charge in [-0.2, -0.15) is 0 Å². The number of esters is 1. The Hall–Kier alpha value is -2.63. The first kappa shape index (κ1) is 22.1. The minimum atomic E-state index is -4.14. The van der Waals surface area contributed by atoms with E-state index in [1.165, 1.54) is 50.4 Å². The number of rotatable bonds is 5. The number of nitrogens with zero attached hydrogens (tertiary/aromatic N) is 1. The number of halogens is 1. The van der Waals surface area contributed by atoms with E-state index in [0.717, 1.165) is 0 Å². The molecule has 12 heteroatoms. The van der Waals surface area contributed by atoms with Gasteiger partial charge in [0, 0.05) is 6.42 Å². The van der Waals surface area contributed by atoms with Crippen LogP contribution in [0.15, 0.2) is 41.3 Å². The lowest BCUT2D eigenvalue weighted by Gasteiger charge is -2.17. The van der Waals surface area contributed by atoms with E-state index in [0.29, 0.717) is 4.31 Å². The van der Waals surface area contributed by atoms with Gasteiger partial charge in [-0.1, -0.05) is 11.6 Å². The smallest absolute Gasteiger partial charge is 0.337 e. The van der Waals surface area contributed by atoms with Gasteiger partial charge in [0.1, 0.15) is 0 Å². The van der Waals surface area contributed by atoms with Gasteiger partial charge in [-0.3, -0.25) is 9.52 Å². The summed E-state index contributed by atoms with van der Waals surface area (Å²) in [5, 5.41) is 0.0641. The molecule has 2 aromatic rings. The van der Waals surface area contributed by atoms with Crippen LogP contribution in [0.3, 0.4) is 0 Å². The maximum Gasteiger partial charge on any atom is 0.337 e. The molecule has 0 unspecified atom stereocenters. The van der Waals surface area contributed by atoms with Crippen molar-refractivity contribution in [2.75, 3.05) is 21.9 Å². The maximum absolute atomic E-state index is 12.9. The SMILES string of the molecule is COC(=O)c1ccc(Cl)c(NS(=O)(=O)c2ccc(N3C(=O)CCS3(=O)=O)cc2C)c1. The predicted molar refractivity (Wildman–Crippen MR) is 111 cm³/mol. The second-order valence-corrected chi connectivity index (χ2v) is 10.5. The standard InChI is InChI=1S/C18H17ClN2O7S2/c1-11-9-13(21-17(22)7-8-29(21,24)25)4-6-16(11)30(26,27)20-15-10-12(18(23)28-2)3-5-14(15)19/h3-6,9-10,20H,7-8H2,1-2H3. The van der Waals surface area contributed by atoms with Gasteiger partial charge >= 0.3 is 5.97 Å². The van der Waals surface area contributed by atoms with Crippen LogP contribution in [0, 0.1) is 6.92 Å². The number of carbonyl (C=O) groups excluding carboxylic acids is 2. The molecule has 0 bridgehead atoms. The van der Waals surface area contributed by atoms with Gasteiger partial charge in [-0.15, -0.1) is 0 Å². The van der Waals surface area contributed by atoms with Crippen molar-refractivity contribution < 1.29 is 31.2 Å². The lowest BCUT2D eigenvalue weighted by Crippen LogP contribution is -2.29. The number of amides is 1. The predicted octanol–water partition coefficient (Wildman–Crippen LogP) is 2.30. The average molecular weight is 473 g/mol. The van der Waals surface area contributed by atoms with Gasteiger partial charge < -0.3 is 4.74 Å². The molecule has 160 valence electrons. The van der Waals surface area contributed by atoms with Crippen LogP contribution in [0.5, 0.6) is 0 Å². The molecule has 2 aromatic carbocycles. The zero-order valence-electron chi connectivity index (χ0n) is 15.9. The summed E-state index contributed by atoms with van der Waals surface area (Å²) in [5.74, 6) is -1.53. The van der Waals surface area contributed by atoms with Gasteiger partial charge in [0.2, 0.25) is 15.9 Å². The molecule has 0 aliphatic carbocycles. The first-order valence-electron chi connectivity index (χ1n) is 8.53. The van der Waals surface area contributed by atoms with Crippen LogP contribution >= 0.6 is 11.6 Å². The lowest BCUT2D eigenvalue weighted by molar-refractivity contribution is -0.116. The second kappa shape index (κ2) is 7.89. The second-order valence-electron chi connectivity index (χ2n) is 6.47. The highest BCUT2D eigenvalue weighted by molar-refractivity contribution is 7.94. The Bertz CT molecular complexity index is 1260. The Morgan fingerprint density at radius 2 is 1.90 bits per heavy atom. The van der Waals surface area contributed by atoms with Crippen molar-refractivity contribution in [1.29, 1.82) is 0 Å². The highest BCUT2D eigenvalue weighted by atomic mass is 35.5. The van der Waals surface area contributed by atoms with Crippen molar-refractivity contribution in [1.82, 2.24) is 0 Å². The lowest BCUT2D eigenvalue weighted by atomic mass is 10.2. The molecule has 1 N–H and O–H groups in total. The Labute approximate surface area is 178 Å². The average Bonchev–Trinajstić information content (AvgIpc) is 2.94. The summed E-state index contributed by atoms with van der Waals surface area (Å²) in [7, 11) is -6.71. The highest BCUT2D eigenvalue weighted by Crippen LogP contribution is 2.31. The van der Waals surface area contributed by atoms with Crippen molar-refractivity contribution in [2.24, 2.45) is 0 Å². The molecule has 0 saturated carbocycles. The molecular weight excluding hydrogens is 456 g/mol. The summed E-state index contributed by atoms with van der Waals surface area (Å²) < 4.78 is 57.5. The summed E-state index contributed by atoms with van der Waals surface area (Å²) in [5.41, 5.74) is 0.361. The fourth-order valence-corrected chi connectivity index (χ4v) is 5.95. The third-order valence-electron chi connectivity index (χ3n) is 4.39. The van der Waals surface area contributed by atoms with E-state index in [1.807, 2.05) is 0 Å². The summed E-state index contributed by atoms with van der Waals surface area (Å²) in [6.07, 6.45) is -0.127. The number of benzene rings is 2. The number of methoxy groups -OCH3 is 1. The topological polar surface area (TPSA) is 127 Å². The summed E-state index contributed by atoms with van der Waals surface area (Å²) in [4.78, 5) is 23.5. The number of aryl methyl sites for hydroxylation is 1. The van der Waals surface area contributed by atoms with E-state index in [1.54, 1.807) is 0 Å². The Morgan fingerprint density at radius 3 is 2.47 bits per heavy atom. The normalized spacial score (nSPS) is 15.8. The van der Waals surface area contributed by atoms with Gasteiger partial charge in [-0.05, 0) is 48.9 Å². The fraction of sp³-hybridized carbons (Fsp3) is 0.222. The van der Waals surface area contributed by atoms with Crippen LogP contribution in [0.25, 0.3) is 0 Å². The van der Waals surface area contributed by atoms with Crippen molar-refractivity contribution in [3.05, 3.63) is 52.5 Å². The van der Waals surface area contributed by atoms with E-state index in [-0.39, 0.29) is 44.6 Å². The Kier molecular flexibility index (Phi) is 5.81. The summed E-state index contributed by atoms with van der Waals surface area (Å²) in [6, 6.07) is 7.73. The molecule has 1 amide bonds. The molecular formula is C18H17ClN2O7S2. The Morgan fingerprint density at radius 1 is 1.20 bits per heavy atom. The van der Waals surface area contributed by atoms with Gasteiger partial charge in [-0.25, -0.2) is 25.9 Å². The first-order valence-corrected chi connectivity index (χ1v) is 12.0. The van der Waals surface area contributed by atoms with Crippen molar-refractivity contribution in [2.45, 2.75) is 18.2 Å². The van der Waals surface area contributed by atoms with Crippen LogP contribution in [0.1, 0.15) is 22.3 Å². The molecule has 0 radical (unpaired) electrons. The molecule has 0 atom stereocenters. The molecule has 1 saturated heterocycles. The minimum absolute atomic E-state index is 0.0275.